The summed E-state index contributed by atoms with van der Waals surface area (Å²) in [6, 6.07) is 13.6. The fraction of sp³-hybridized carbons (Fsp3) is 0.333. The highest BCUT2D eigenvalue weighted by Gasteiger charge is 2.20. The molecule has 0 aliphatic carbocycles. The van der Waals surface area contributed by atoms with Gasteiger partial charge in [-0.3, -0.25) is 9.69 Å². The second-order valence-corrected chi connectivity index (χ2v) is 5.79. The number of hydrogen-bond donors (Lipinski definition) is 1. The molecule has 4 heteroatoms. The molecule has 22 heavy (non-hydrogen) atoms. The van der Waals surface area contributed by atoms with Gasteiger partial charge in [0.2, 0.25) is 0 Å². The van der Waals surface area contributed by atoms with Crippen LogP contribution in [0.25, 0.3) is 0 Å². The van der Waals surface area contributed by atoms with Gasteiger partial charge < -0.3 is 5.32 Å². The average Bonchev–Trinajstić information content (AvgIpc) is 2.57. The van der Waals surface area contributed by atoms with Crippen LogP contribution in [0.2, 0.25) is 0 Å². The van der Waals surface area contributed by atoms with Gasteiger partial charge in [-0.05, 0) is 50.2 Å². The Morgan fingerprint density at radius 2 is 2.00 bits per heavy atom. The molecular weight excluding hydrogens is 274 g/mol. The van der Waals surface area contributed by atoms with Gasteiger partial charge in [0.15, 0.2) is 0 Å². The van der Waals surface area contributed by atoms with E-state index >= 15 is 0 Å². The summed E-state index contributed by atoms with van der Waals surface area (Å²) in [6.07, 6.45) is 5.59. The molecule has 0 radical (unpaired) electrons. The largest absolute Gasteiger partial charge is 0.307 e. The van der Waals surface area contributed by atoms with Gasteiger partial charge in [0.25, 0.3) is 5.91 Å². The predicted octanol–water partition coefficient (Wildman–Crippen LogP) is 3.49. The van der Waals surface area contributed by atoms with Crippen molar-refractivity contribution in [1.29, 1.82) is 0 Å². The number of likely N-dealkylation sites (tertiary alicyclic amines) is 1. The first kappa shape index (κ1) is 14.7. The Bertz CT molecular complexity index is 625. The Labute approximate surface area is 131 Å². The minimum absolute atomic E-state index is 0.129. The summed E-state index contributed by atoms with van der Waals surface area (Å²) in [4.78, 5) is 18.9. The number of piperidine rings is 1. The van der Waals surface area contributed by atoms with E-state index in [9.17, 15) is 4.79 Å². The van der Waals surface area contributed by atoms with E-state index in [1.54, 1.807) is 12.1 Å². The third-order valence-electron chi connectivity index (χ3n) is 4.22. The first-order chi connectivity index (χ1) is 10.7. The molecule has 1 aliphatic rings. The minimum atomic E-state index is -0.129. The van der Waals surface area contributed by atoms with Crippen molar-refractivity contribution in [2.75, 3.05) is 18.9 Å². The van der Waals surface area contributed by atoms with Crippen LogP contribution in [-0.4, -0.2) is 29.4 Å². The summed E-state index contributed by atoms with van der Waals surface area (Å²) in [5.41, 5.74) is 1.86. The van der Waals surface area contributed by atoms with Crippen molar-refractivity contribution in [3.63, 3.8) is 0 Å². The Morgan fingerprint density at radius 1 is 1.18 bits per heavy atom. The highest BCUT2D eigenvalue weighted by molar-refractivity contribution is 6.03. The van der Waals surface area contributed by atoms with Crippen LogP contribution in [0.3, 0.4) is 0 Å². The van der Waals surface area contributed by atoms with E-state index < -0.39 is 0 Å². The van der Waals surface area contributed by atoms with Gasteiger partial charge in [-0.1, -0.05) is 30.7 Å². The summed E-state index contributed by atoms with van der Waals surface area (Å²) in [7, 11) is 2.16. The van der Waals surface area contributed by atoms with Crippen LogP contribution in [0, 0.1) is 0 Å². The zero-order chi connectivity index (χ0) is 15.4. The molecule has 4 nitrogen and oxygen atoms in total. The molecule has 1 unspecified atom stereocenters. The Balaban J connectivity index is 1.68. The second kappa shape index (κ2) is 6.71. The average molecular weight is 295 g/mol. The first-order valence-corrected chi connectivity index (χ1v) is 7.76. The molecule has 1 amide bonds. The number of pyridine rings is 1. The molecule has 1 aliphatic heterocycles. The summed E-state index contributed by atoms with van der Waals surface area (Å²) in [6.45, 7) is 1.14. The fourth-order valence-corrected chi connectivity index (χ4v) is 2.95. The molecule has 1 aromatic heterocycles. The van der Waals surface area contributed by atoms with Crippen molar-refractivity contribution in [2.24, 2.45) is 0 Å². The first-order valence-electron chi connectivity index (χ1n) is 7.76. The monoisotopic (exact) mass is 295 g/mol. The van der Waals surface area contributed by atoms with Crippen molar-refractivity contribution in [1.82, 2.24) is 9.88 Å². The Kier molecular flexibility index (Phi) is 4.49. The van der Waals surface area contributed by atoms with Crippen LogP contribution in [0.15, 0.2) is 48.7 Å². The van der Waals surface area contributed by atoms with E-state index in [1.807, 2.05) is 30.5 Å². The maximum absolute atomic E-state index is 12.1. The van der Waals surface area contributed by atoms with Crippen molar-refractivity contribution in [3.8, 4) is 0 Å². The number of rotatable bonds is 3. The molecule has 0 bridgehead atoms. The van der Waals surface area contributed by atoms with E-state index in [1.165, 1.54) is 24.8 Å². The van der Waals surface area contributed by atoms with Crippen LogP contribution < -0.4 is 5.32 Å². The molecule has 3 rings (SSSR count). The zero-order valence-electron chi connectivity index (χ0n) is 12.8. The number of benzene rings is 1. The molecule has 2 heterocycles. The second-order valence-electron chi connectivity index (χ2n) is 5.79. The number of nitrogens with zero attached hydrogens (tertiary/aromatic N) is 2. The lowest BCUT2D eigenvalue weighted by molar-refractivity contribution is 0.102. The SMILES string of the molecule is CN1CCCCC1c1ccc(NC(=O)c2ccccc2)nc1. The van der Waals surface area contributed by atoms with Gasteiger partial charge in [0.05, 0.1) is 0 Å². The lowest BCUT2D eigenvalue weighted by Gasteiger charge is -2.32. The van der Waals surface area contributed by atoms with Crippen LogP contribution in [0.5, 0.6) is 0 Å². The van der Waals surface area contributed by atoms with E-state index in [0.29, 0.717) is 17.4 Å². The van der Waals surface area contributed by atoms with Crippen LogP contribution >= 0.6 is 0 Å². The number of carbonyl (C=O) groups is 1. The molecule has 114 valence electrons. The summed E-state index contributed by atoms with van der Waals surface area (Å²) >= 11 is 0. The van der Waals surface area contributed by atoms with Crippen molar-refractivity contribution < 1.29 is 4.79 Å². The van der Waals surface area contributed by atoms with Gasteiger partial charge in [-0.25, -0.2) is 4.98 Å². The highest BCUT2D eigenvalue weighted by Crippen LogP contribution is 2.29. The van der Waals surface area contributed by atoms with Gasteiger partial charge in [0.1, 0.15) is 5.82 Å². The molecule has 1 fully saturated rings. The Morgan fingerprint density at radius 3 is 2.68 bits per heavy atom. The lowest BCUT2D eigenvalue weighted by atomic mass is 9.97. The molecule has 2 aromatic rings. The molecule has 1 saturated heterocycles. The number of carbonyl (C=O) groups excluding carboxylic acids is 1. The van der Waals surface area contributed by atoms with E-state index in [0.717, 1.165) is 6.54 Å². The molecule has 0 spiro atoms. The minimum Gasteiger partial charge on any atom is -0.307 e. The summed E-state index contributed by atoms with van der Waals surface area (Å²) in [5, 5.41) is 2.84. The van der Waals surface area contributed by atoms with Gasteiger partial charge in [-0.15, -0.1) is 0 Å². The third kappa shape index (κ3) is 3.34. The molecular formula is C18H21N3O. The van der Waals surface area contributed by atoms with Crippen molar-refractivity contribution in [3.05, 3.63) is 59.8 Å². The van der Waals surface area contributed by atoms with Crippen LogP contribution in [0.4, 0.5) is 5.82 Å². The smallest absolute Gasteiger partial charge is 0.256 e. The number of aromatic nitrogens is 1. The van der Waals surface area contributed by atoms with E-state index in [4.69, 9.17) is 0 Å². The lowest BCUT2D eigenvalue weighted by Crippen LogP contribution is -2.29. The molecule has 1 atom stereocenters. The number of nitrogens with one attached hydrogen (secondary N) is 1. The predicted molar refractivity (Wildman–Crippen MR) is 87.9 cm³/mol. The Hall–Kier alpha value is -2.20. The standard InChI is InChI=1S/C18H21N3O/c1-21-12-6-5-9-16(21)15-10-11-17(19-13-15)20-18(22)14-7-3-2-4-8-14/h2-4,7-8,10-11,13,16H,5-6,9,12H2,1H3,(H,19,20,22). The maximum atomic E-state index is 12.1. The zero-order valence-corrected chi connectivity index (χ0v) is 12.8. The third-order valence-corrected chi connectivity index (χ3v) is 4.22. The van der Waals surface area contributed by atoms with E-state index in [2.05, 4.69) is 28.3 Å². The normalized spacial score (nSPS) is 18.9. The van der Waals surface area contributed by atoms with Crippen molar-refractivity contribution in [2.45, 2.75) is 25.3 Å². The van der Waals surface area contributed by atoms with Gasteiger partial charge >= 0.3 is 0 Å². The maximum Gasteiger partial charge on any atom is 0.256 e. The number of anilines is 1. The quantitative estimate of drug-likeness (QED) is 0.942. The fourth-order valence-electron chi connectivity index (χ4n) is 2.95. The molecule has 1 N–H and O–H groups in total. The topological polar surface area (TPSA) is 45.2 Å². The number of amides is 1. The molecule has 1 aromatic carbocycles. The summed E-state index contributed by atoms with van der Waals surface area (Å²) in [5.74, 6) is 0.465. The van der Waals surface area contributed by atoms with Crippen LogP contribution in [-0.2, 0) is 0 Å². The van der Waals surface area contributed by atoms with Crippen molar-refractivity contribution >= 4 is 11.7 Å². The van der Waals surface area contributed by atoms with Gasteiger partial charge in [0, 0.05) is 17.8 Å². The summed E-state index contributed by atoms with van der Waals surface area (Å²) < 4.78 is 0. The number of hydrogen-bond acceptors (Lipinski definition) is 3. The van der Waals surface area contributed by atoms with Gasteiger partial charge in [-0.2, -0.15) is 0 Å². The molecule has 0 saturated carbocycles. The highest BCUT2D eigenvalue weighted by atomic mass is 16.1. The van der Waals surface area contributed by atoms with E-state index in [-0.39, 0.29) is 5.91 Å². The van der Waals surface area contributed by atoms with Crippen LogP contribution in [0.1, 0.15) is 41.2 Å².